The number of nitrogens with one attached hydrogen (secondary N) is 1. The van der Waals surface area contributed by atoms with Crippen molar-refractivity contribution in [3.05, 3.63) is 53.3 Å². The summed E-state index contributed by atoms with van der Waals surface area (Å²) in [4.78, 5) is 0. The molecule has 0 aliphatic carbocycles. The maximum absolute atomic E-state index is 8.91. The maximum Gasteiger partial charge on any atom is 0.0991 e. The molecular formula is C16H20N4. The summed E-state index contributed by atoms with van der Waals surface area (Å²) < 4.78 is 1.97. The van der Waals surface area contributed by atoms with Gasteiger partial charge in [-0.1, -0.05) is 12.1 Å². The van der Waals surface area contributed by atoms with Gasteiger partial charge in [-0.05, 0) is 50.1 Å². The van der Waals surface area contributed by atoms with E-state index < -0.39 is 0 Å². The molecule has 0 saturated heterocycles. The van der Waals surface area contributed by atoms with Crippen LogP contribution in [0.5, 0.6) is 0 Å². The number of aryl methyl sites for hydroxylation is 2. The largest absolute Gasteiger partial charge is 0.310 e. The molecule has 0 unspecified atom stereocenters. The Hall–Kier alpha value is -2.12. The van der Waals surface area contributed by atoms with Crippen LogP contribution < -0.4 is 5.32 Å². The molecule has 0 aliphatic heterocycles. The van der Waals surface area contributed by atoms with E-state index in [-0.39, 0.29) is 6.04 Å². The van der Waals surface area contributed by atoms with Crippen molar-refractivity contribution in [2.75, 3.05) is 6.54 Å². The van der Waals surface area contributed by atoms with Gasteiger partial charge in [0, 0.05) is 18.8 Å². The zero-order valence-corrected chi connectivity index (χ0v) is 12.0. The first-order chi connectivity index (χ1) is 9.69. The minimum absolute atomic E-state index is 0.252. The quantitative estimate of drug-likeness (QED) is 0.820. The summed E-state index contributed by atoms with van der Waals surface area (Å²) in [5.74, 6) is 0. The molecule has 2 rings (SSSR count). The third-order valence-corrected chi connectivity index (χ3v) is 3.29. The molecule has 0 radical (unpaired) electrons. The lowest BCUT2D eigenvalue weighted by Gasteiger charge is -2.14. The molecule has 20 heavy (non-hydrogen) atoms. The van der Waals surface area contributed by atoms with Crippen molar-refractivity contribution < 1.29 is 0 Å². The van der Waals surface area contributed by atoms with Gasteiger partial charge in [0.15, 0.2) is 0 Å². The Morgan fingerprint density at radius 2 is 2.30 bits per heavy atom. The van der Waals surface area contributed by atoms with E-state index >= 15 is 0 Å². The Balaban J connectivity index is 1.77. The van der Waals surface area contributed by atoms with Crippen LogP contribution >= 0.6 is 0 Å². The van der Waals surface area contributed by atoms with Crippen LogP contribution in [0.1, 0.15) is 36.1 Å². The van der Waals surface area contributed by atoms with Crippen LogP contribution in [0, 0.1) is 18.3 Å². The summed E-state index contributed by atoms with van der Waals surface area (Å²) in [6, 6.07) is 10.2. The van der Waals surface area contributed by atoms with Crippen molar-refractivity contribution in [3.8, 4) is 6.07 Å². The van der Waals surface area contributed by atoms with Gasteiger partial charge >= 0.3 is 0 Å². The number of aromatic nitrogens is 2. The lowest BCUT2D eigenvalue weighted by atomic mass is 10.1. The van der Waals surface area contributed by atoms with Gasteiger partial charge in [-0.3, -0.25) is 4.68 Å². The molecule has 1 heterocycles. The average molecular weight is 268 g/mol. The highest BCUT2D eigenvalue weighted by molar-refractivity contribution is 5.33. The fourth-order valence-electron chi connectivity index (χ4n) is 2.14. The van der Waals surface area contributed by atoms with Crippen molar-refractivity contribution in [3.63, 3.8) is 0 Å². The highest BCUT2D eigenvalue weighted by atomic mass is 15.3. The van der Waals surface area contributed by atoms with Crippen molar-refractivity contribution in [2.24, 2.45) is 0 Å². The Labute approximate surface area is 120 Å². The van der Waals surface area contributed by atoms with E-state index in [1.807, 2.05) is 36.0 Å². The van der Waals surface area contributed by atoms with E-state index in [0.29, 0.717) is 5.56 Å². The normalized spacial score (nSPS) is 12.1. The number of benzene rings is 1. The summed E-state index contributed by atoms with van der Waals surface area (Å²) in [7, 11) is 0. The average Bonchev–Trinajstić information content (AvgIpc) is 2.89. The van der Waals surface area contributed by atoms with Crippen LogP contribution in [0.25, 0.3) is 0 Å². The van der Waals surface area contributed by atoms with E-state index in [0.717, 1.165) is 25.1 Å². The second-order valence-corrected chi connectivity index (χ2v) is 5.05. The first kappa shape index (κ1) is 14.3. The van der Waals surface area contributed by atoms with Crippen LogP contribution in [-0.4, -0.2) is 16.3 Å². The highest BCUT2D eigenvalue weighted by Gasteiger charge is 2.05. The van der Waals surface area contributed by atoms with Crippen LogP contribution in [-0.2, 0) is 6.54 Å². The lowest BCUT2D eigenvalue weighted by Crippen LogP contribution is -2.21. The molecular weight excluding hydrogens is 248 g/mol. The van der Waals surface area contributed by atoms with Crippen LogP contribution in [0.2, 0.25) is 0 Å². The van der Waals surface area contributed by atoms with E-state index in [4.69, 9.17) is 5.26 Å². The molecule has 1 aromatic heterocycles. The number of nitriles is 1. The SMILES string of the molecule is Cc1cnn(CCCN[C@@H](C)c2cccc(C#N)c2)c1. The highest BCUT2D eigenvalue weighted by Crippen LogP contribution is 2.13. The summed E-state index contributed by atoms with van der Waals surface area (Å²) in [6.45, 7) is 6.02. The van der Waals surface area contributed by atoms with Crippen molar-refractivity contribution in [2.45, 2.75) is 32.9 Å². The molecule has 0 amide bonds. The van der Waals surface area contributed by atoms with E-state index in [1.165, 1.54) is 5.56 Å². The lowest BCUT2D eigenvalue weighted by molar-refractivity contribution is 0.507. The third-order valence-electron chi connectivity index (χ3n) is 3.29. The Bertz CT molecular complexity index is 595. The standard InChI is InChI=1S/C16H20N4/c1-13-11-19-20(12-13)8-4-7-18-14(2)16-6-3-5-15(9-16)10-17/h3,5-6,9,11-12,14,18H,4,7-8H2,1-2H3/t14-/m0/s1. The fraction of sp³-hybridized carbons (Fsp3) is 0.375. The zero-order chi connectivity index (χ0) is 14.4. The Morgan fingerprint density at radius 1 is 1.45 bits per heavy atom. The molecule has 0 fully saturated rings. The van der Waals surface area contributed by atoms with Gasteiger partial charge in [-0.25, -0.2) is 0 Å². The second-order valence-electron chi connectivity index (χ2n) is 5.05. The van der Waals surface area contributed by atoms with Gasteiger partial charge in [0.05, 0.1) is 17.8 Å². The van der Waals surface area contributed by atoms with Crippen molar-refractivity contribution >= 4 is 0 Å². The molecule has 1 N–H and O–H groups in total. The second kappa shape index (κ2) is 6.88. The van der Waals surface area contributed by atoms with Gasteiger partial charge in [-0.15, -0.1) is 0 Å². The monoisotopic (exact) mass is 268 g/mol. The Morgan fingerprint density at radius 3 is 3.00 bits per heavy atom. The zero-order valence-electron chi connectivity index (χ0n) is 12.0. The molecule has 2 aromatic rings. The summed E-state index contributed by atoms with van der Waals surface area (Å²) >= 11 is 0. The Kier molecular flexibility index (Phi) is 4.91. The smallest absolute Gasteiger partial charge is 0.0991 e. The molecule has 0 bridgehead atoms. The maximum atomic E-state index is 8.91. The van der Waals surface area contributed by atoms with Crippen molar-refractivity contribution in [1.82, 2.24) is 15.1 Å². The van der Waals surface area contributed by atoms with Gasteiger partial charge in [0.2, 0.25) is 0 Å². The molecule has 1 atom stereocenters. The number of hydrogen-bond donors (Lipinski definition) is 1. The minimum atomic E-state index is 0.252. The number of hydrogen-bond acceptors (Lipinski definition) is 3. The predicted molar refractivity (Wildman–Crippen MR) is 79.2 cm³/mol. The molecule has 1 aromatic carbocycles. The van der Waals surface area contributed by atoms with E-state index in [1.54, 1.807) is 0 Å². The van der Waals surface area contributed by atoms with Gasteiger partial charge < -0.3 is 5.32 Å². The van der Waals surface area contributed by atoms with Crippen LogP contribution in [0.4, 0.5) is 0 Å². The van der Waals surface area contributed by atoms with Gasteiger partial charge in [-0.2, -0.15) is 10.4 Å². The first-order valence-corrected chi connectivity index (χ1v) is 6.91. The number of rotatable bonds is 6. The van der Waals surface area contributed by atoms with Gasteiger partial charge in [0.25, 0.3) is 0 Å². The molecule has 0 saturated carbocycles. The molecule has 104 valence electrons. The summed E-state index contributed by atoms with van der Waals surface area (Å²) in [6.07, 6.45) is 4.96. The van der Waals surface area contributed by atoms with Gasteiger partial charge in [0.1, 0.15) is 0 Å². The van der Waals surface area contributed by atoms with E-state index in [9.17, 15) is 0 Å². The predicted octanol–water partition coefficient (Wildman–Crippen LogP) is 2.80. The fourth-order valence-corrected chi connectivity index (χ4v) is 2.14. The van der Waals surface area contributed by atoms with Crippen molar-refractivity contribution in [1.29, 1.82) is 5.26 Å². The molecule has 0 aliphatic rings. The summed E-state index contributed by atoms with van der Waals surface area (Å²) in [5, 5.41) is 16.6. The molecule has 0 spiro atoms. The van der Waals surface area contributed by atoms with Crippen LogP contribution in [0.15, 0.2) is 36.7 Å². The molecule has 4 nitrogen and oxygen atoms in total. The minimum Gasteiger partial charge on any atom is -0.310 e. The third kappa shape index (κ3) is 3.94. The van der Waals surface area contributed by atoms with Crippen LogP contribution in [0.3, 0.4) is 0 Å². The van der Waals surface area contributed by atoms with E-state index in [2.05, 4.69) is 35.7 Å². The topological polar surface area (TPSA) is 53.6 Å². The number of nitrogens with zero attached hydrogens (tertiary/aromatic N) is 3. The first-order valence-electron chi connectivity index (χ1n) is 6.91. The summed E-state index contributed by atoms with van der Waals surface area (Å²) in [5.41, 5.74) is 3.06. The molecule has 4 heteroatoms.